The summed E-state index contributed by atoms with van der Waals surface area (Å²) in [7, 11) is 0. The van der Waals surface area contributed by atoms with Gasteiger partial charge in [0.25, 0.3) is 0 Å². The Morgan fingerprint density at radius 3 is 1.42 bits per heavy atom. The van der Waals surface area contributed by atoms with Gasteiger partial charge in [-0.25, -0.2) is 0 Å². The fraction of sp³-hybridized carbons (Fsp3) is 0.659. The molecule has 2 unspecified atom stereocenters. The maximum Gasteiger partial charge on any atom is 0.307 e. The second-order valence-corrected chi connectivity index (χ2v) is 15.2. The average molecular weight is 771 g/mol. The molecule has 4 fully saturated rings. The molecule has 0 spiro atoms. The van der Waals surface area contributed by atoms with E-state index in [1.54, 1.807) is 13.8 Å². The summed E-state index contributed by atoms with van der Waals surface area (Å²) in [5, 5.41) is 7.08. The number of rotatable bonds is 20. The lowest BCUT2D eigenvalue weighted by Gasteiger charge is -2.32. The van der Waals surface area contributed by atoms with Crippen LogP contribution in [0, 0.1) is 0 Å². The molecule has 0 aliphatic carbocycles. The third-order valence-corrected chi connectivity index (χ3v) is 9.97. The van der Waals surface area contributed by atoms with Crippen LogP contribution in [0.1, 0.15) is 71.9 Å². The van der Waals surface area contributed by atoms with Crippen molar-refractivity contribution >= 4 is 11.9 Å². The summed E-state index contributed by atoms with van der Waals surface area (Å²) in [6.45, 7) is 13.1. The van der Waals surface area contributed by atoms with E-state index in [1.165, 1.54) is 0 Å². The molecule has 2 N–H and O–H groups in total. The van der Waals surface area contributed by atoms with Crippen LogP contribution in [-0.4, -0.2) is 111 Å². The smallest absolute Gasteiger partial charge is 0.307 e. The highest BCUT2D eigenvalue weighted by molar-refractivity contribution is 5.70. The molecule has 2 aromatic carbocycles. The van der Waals surface area contributed by atoms with E-state index in [2.05, 4.69) is 10.6 Å². The lowest BCUT2D eigenvalue weighted by atomic mass is 9.99. The lowest BCUT2D eigenvalue weighted by molar-refractivity contribution is -0.223. The molecule has 0 amide bonds. The standard InChI is InChI=1S/C41H58N2O12/c1-7-46-30(44)22-28(32-34(48-24-26-16-11-9-12-17-26)36-38(50-32)54-40(3,4)52-36)42-20-15-21-43-29(23-31(45)47-8-2)33-35(49-25-27-18-13-10-14-19-27)37-39(51-33)55-41(5,6)53-37/h9-14,16-19,28-29,32-39,42-43H,7-8,15,20-25H2,1-6H3/t28-,29-,32?,33?,34-,35-,36+,37+,38+,39+/m0/s1. The van der Waals surface area contributed by atoms with Crippen LogP contribution >= 0.6 is 0 Å². The first-order chi connectivity index (χ1) is 26.4. The Bertz CT molecular complexity index is 1400. The second-order valence-electron chi connectivity index (χ2n) is 15.2. The van der Waals surface area contributed by atoms with Crippen molar-refractivity contribution in [1.29, 1.82) is 0 Å². The van der Waals surface area contributed by atoms with Gasteiger partial charge in [0.05, 0.1) is 39.3 Å². The van der Waals surface area contributed by atoms with Crippen LogP contribution in [-0.2, 0) is 70.2 Å². The minimum absolute atomic E-state index is 0.0565. The summed E-state index contributed by atoms with van der Waals surface area (Å²) in [4.78, 5) is 25.8. The van der Waals surface area contributed by atoms with E-state index in [-0.39, 0.29) is 38.0 Å². The summed E-state index contributed by atoms with van der Waals surface area (Å²) in [5.74, 6) is -2.39. The summed E-state index contributed by atoms with van der Waals surface area (Å²) >= 11 is 0. The number of nitrogens with one attached hydrogen (secondary N) is 2. The highest BCUT2D eigenvalue weighted by atomic mass is 16.9. The van der Waals surface area contributed by atoms with Crippen LogP contribution in [0.25, 0.3) is 0 Å². The molecule has 6 rings (SSSR count). The molecule has 14 nitrogen and oxygen atoms in total. The monoisotopic (exact) mass is 770 g/mol. The zero-order valence-corrected chi connectivity index (χ0v) is 32.8. The fourth-order valence-corrected chi connectivity index (χ4v) is 7.64. The Morgan fingerprint density at radius 1 is 0.636 bits per heavy atom. The van der Waals surface area contributed by atoms with Crippen molar-refractivity contribution in [3.63, 3.8) is 0 Å². The molecule has 0 bridgehead atoms. The van der Waals surface area contributed by atoms with Gasteiger partial charge < -0.3 is 58.0 Å². The summed E-state index contributed by atoms with van der Waals surface area (Å²) in [5.41, 5.74) is 2.01. The summed E-state index contributed by atoms with van der Waals surface area (Å²) < 4.78 is 61.3. The third kappa shape index (κ3) is 11.1. The van der Waals surface area contributed by atoms with Crippen molar-refractivity contribution in [2.75, 3.05) is 26.3 Å². The molecule has 0 saturated carbocycles. The number of carbonyl (C=O) groups is 2. The van der Waals surface area contributed by atoms with Crippen LogP contribution in [0.15, 0.2) is 60.7 Å². The predicted octanol–water partition coefficient (Wildman–Crippen LogP) is 4.12. The maximum absolute atomic E-state index is 12.9. The zero-order chi connectivity index (χ0) is 39.0. The number of ether oxygens (including phenoxy) is 10. The summed E-state index contributed by atoms with van der Waals surface area (Å²) in [6, 6.07) is 18.8. The van der Waals surface area contributed by atoms with Gasteiger partial charge in [-0.3, -0.25) is 9.59 Å². The Kier molecular flexibility index (Phi) is 14.3. The van der Waals surface area contributed by atoms with Gasteiger partial charge in [0.2, 0.25) is 0 Å². The number of carbonyl (C=O) groups excluding carboxylic acids is 2. The zero-order valence-electron chi connectivity index (χ0n) is 32.8. The van der Waals surface area contributed by atoms with E-state index in [9.17, 15) is 9.59 Å². The minimum atomic E-state index is -0.841. The summed E-state index contributed by atoms with van der Waals surface area (Å²) in [6.07, 6.45) is -3.71. The topological polar surface area (TPSA) is 150 Å². The van der Waals surface area contributed by atoms with E-state index in [0.717, 1.165) is 11.1 Å². The van der Waals surface area contributed by atoms with Gasteiger partial charge in [0, 0.05) is 12.1 Å². The van der Waals surface area contributed by atoms with Crippen LogP contribution in [0.4, 0.5) is 0 Å². The van der Waals surface area contributed by atoms with E-state index in [1.807, 2.05) is 88.4 Å². The molecule has 4 aliphatic rings. The largest absolute Gasteiger partial charge is 0.466 e. The van der Waals surface area contributed by atoms with E-state index >= 15 is 0 Å². The molecular weight excluding hydrogens is 712 g/mol. The Morgan fingerprint density at radius 2 is 1.04 bits per heavy atom. The minimum Gasteiger partial charge on any atom is -0.466 e. The van der Waals surface area contributed by atoms with Gasteiger partial charge in [-0.05, 0) is 72.2 Å². The van der Waals surface area contributed by atoms with Crippen LogP contribution in [0.5, 0.6) is 0 Å². The lowest BCUT2D eigenvalue weighted by Crippen LogP contribution is -2.51. The Balaban J connectivity index is 1.11. The molecule has 0 radical (unpaired) electrons. The molecule has 2 aromatic rings. The van der Waals surface area contributed by atoms with Gasteiger partial charge in [-0.1, -0.05) is 60.7 Å². The van der Waals surface area contributed by atoms with Crippen molar-refractivity contribution in [3.05, 3.63) is 71.8 Å². The first-order valence-corrected chi connectivity index (χ1v) is 19.6. The molecule has 0 aromatic heterocycles. The fourth-order valence-electron chi connectivity index (χ4n) is 7.64. The molecule has 4 heterocycles. The van der Waals surface area contributed by atoms with Gasteiger partial charge in [-0.2, -0.15) is 0 Å². The van der Waals surface area contributed by atoms with Crippen molar-refractivity contribution in [2.45, 2.75) is 147 Å². The molecule has 304 valence electrons. The number of fused-ring (bicyclic) bond motifs is 2. The number of esters is 2. The van der Waals surface area contributed by atoms with E-state index in [4.69, 9.17) is 47.4 Å². The Hall–Kier alpha value is -3.02. The molecule has 14 heteroatoms. The normalized spacial score (nSPS) is 30.1. The number of hydrogen-bond donors (Lipinski definition) is 2. The van der Waals surface area contributed by atoms with Gasteiger partial charge in [0.15, 0.2) is 24.2 Å². The van der Waals surface area contributed by atoms with Crippen LogP contribution in [0.2, 0.25) is 0 Å². The van der Waals surface area contributed by atoms with Crippen LogP contribution in [0.3, 0.4) is 0 Å². The molecule has 10 atom stereocenters. The molecule has 4 aliphatic heterocycles. The van der Waals surface area contributed by atoms with E-state index in [0.29, 0.717) is 32.7 Å². The van der Waals surface area contributed by atoms with Crippen molar-refractivity contribution in [2.24, 2.45) is 0 Å². The molecule has 55 heavy (non-hydrogen) atoms. The third-order valence-electron chi connectivity index (χ3n) is 9.97. The van der Waals surface area contributed by atoms with Gasteiger partial charge in [0.1, 0.15) is 36.6 Å². The Labute approximate surface area is 324 Å². The quantitative estimate of drug-likeness (QED) is 0.147. The first-order valence-electron chi connectivity index (χ1n) is 19.6. The van der Waals surface area contributed by atoms with Crippen molar-refractivity contribution in [1.82, 2.24) is 10.6 Å². The molecule has 4 saturated heterocycles. The first kappa shape index (κ1) is 41.6. The maximum atomic E-state index is 12.9. The second kappa shape index (κ2) is 18.9. The average Bonchev–Trinajstić information content (AvgIpc) is 3.84. The van der Waals surface area contributed by atoms with Gasteiger partial charge >= 0.3 is 11.9 Å². The highest BCUT2D eigenvalue weighted by Gasteiger charge is 2.58. The van der Waals surface area contributed by atoms with E-state index < -0.39 is 72.9 Å². The number of hydrogen-bond acceptors (Lipinski definition) is 14. The predicted molar refractivity (Wildman–Crippen MR) is 198 cm³/mol. The van der Waals surface area contributed by atoms with Gasteiger partial charge in [-0.15, -0.1) is 0 Å². The van der Waals surface area contributed by atoms with Crippen molar-refractivity contribution in [3.8, 4) is 0 Å². The SMILES string of the molecule is CCOC(=O)C[C@H](NCCCN[C@@H](CC(=O)OCC)C1O[C@@H]2OC(C)(C)O[C@@H]2[C@H]1OCc1ccccc1)C1O[C@@H]2OC(C)(C)O[C@@H]2[C@H]1OCc1ccccc1. The molecular formula is C41H58N2O12. The number of benzene rings is 2. The van der Waals surface area contributed by atoms with Crippen molar-refractivity contribution < 1.29 is 57.0 Å². The highest BCUT2D eigenvalue weighted by Crippen LogP contribution is 2.42. The van der Waals surface area contributed by atoms with Crippen LogP contribution < -0.4 is 10.6 Å².